The Labute approximate surface area is 120 Å². The van der Waals surface area contributed by atoms with Gasteiger partial charge in [-0.25, -0.2) is 0 Å². The van der Waals surface area contributed by atoms with Crippen LogP contribution in [0.2, 0.25) is 0 Å². The zero-order valence-corrected chi connectivity index (χ0v) is 12.9. The average molecular weight is 277 g/mol. The zero-order chi connectivity index (χ0) is 15.0. The van der Waals surface area contributed by atoms with Crippen LogP contribution in [0.4, 0.5) is 0 Å². The summed E-state index contributed by atoms with van der Waals surface area (Å²) in [6.45, 7) is 8.90. The Morgan fingerprint density at radius 2 is 1.70 bits per heavy atom. The van der Waals surface area contributed by atoms with Crippen molar-refractivity contribution in [3.8, 4) is 5.75 Å². The minimum absolute atomic E-state index is 0.477. The van der Waals surface area contributed by atoms with E-state index in [4.69, 9.17) is 14.0 Å². The molecule has 0 saturated carbocycles. The number of nitrogens with zero attached hydrogens (tertiary/aromatic N) is 1. The Morgan fingerprint density at radius 3 is 2.20 bits per heavy atom. The summed E-state index contributed by atoms with van der Waals surface area (Å²) in [5.41, 5.74) is 3.02. The van der Waals surface area contributed by atoms with Gasteiger partial charge in [0.25, 0.3) is 0 Å². The molecule has 0 radical (unpaired) electrons. The molecule has 1 heterocycles. The Morgan fingerprint density at radius 1 is 1.05 bits per heavy atom. The van der Waals surface area contributed by atoms with Crippen molar-refractivity contribution in [3.63, 3.8) is 0 Å². The maximum atomic E-state index is 5.70. The fraction of sp³-hybridized carbons (Fsp3) is 0.438. The molecule has 4 nitrogen and oxygen atoms in total. The smallest absolute Gasteiger partial charge is 0.140 e. The molecule has 0 saturated heterocycles. The number of hydrogen-bond acceptors (Lipinski definition) is 4. The van der Waals surface area contributed by atoms with Crippen LogP contribution in [0.25, 0.3) is 0 Å². The van der Waals surface area contributed by atoms with Gasteiger partial charge in [0.15, 0.2) is 0 Å². The minimum Gasteiger partial charge on any atom is -0.489 e. The summed E-state index contributed by atoms with van der Waals surface area (Å²) in [7, 11) is 1.68. The zero-order valence-electron chi connectivity index (χ0n) is 12.9. The van der Waals surface area contributed by atoms with Crippen molar-refractivity contribution in [2.45, 2.75) is 40.9 Å². The molecule has 0 fully saturated rings. The van der Waals surface area contributed by atoms with Crippen molar-refractivity contribution >= 4 is 0 Å². The van der Waals surface area contributed by atoms with E-state index in [1.807, 2.05) is 52.0 Å². The third kappa shape index (κ3) is 4.38. The molecule has 20 heavy (non-hydrogen) atoms. The van der Waals surface area contributed by atoms with Crippen molar-refractivity contribution in [1.29, 1.82) is 0 Å². The number of benzene rings is 1. The van der Waals surface area contributed by atoms with E-state index in [1.165, 1.54) is 0 Å². The van der Waals surface area contributed by atoms with Crippen molar-refractivity contribution in [2.75, 3.05) is 7.11 Å². The molecule has 2 rings (SSSR count). The third-order valence-electron chi connectivity index (χ3n) is 2.80. The van der Waals surface area contributed by atoms with Crippen molar-refractivity contribution in [1.82, 2.24) is 5.16 Å². The van der Waals surface area contributed by atoms with Crippen LogP contribution in [0.1, 0.15) is 36.4 Å². The van der Waals surface area contributed by atoms with Gasteiger partial charge in [-0.2, -0.15) is 0 Å². The Bertz CT molecular complexity index is 483. The Hall–Kier alpha value is -1.81. The lowest BCUT2D eigenvalue weighted by atomic mass is 10.2. The van der Waals surface area contributed by atoms with Crippen LogP contribution in [0.3, 0.4) is 0 Å². The highest BCUT2D eigenvalue weighted by molar-refractivity contribution is 5.28. The van der Waals surface area contributed by atoms with E-state index in [1.54, 1.807) is 7.11 Å². The van der Waals surface area contributed by atoms with Crippen LogP contribution < -0.4 is 4.74 Å². The van der Waals surface area contributed by atoms with Crippen LogP contribution in [-0.2, 0) is 18.0 Å². The predicted octanol–water partition coefficient (Wildman–Crippen LogP) is 4.04. The molecule has 0 spiro atoms. The molecule has 2 aromatic rings. The second kappa shape index (κ2) is 8.38. The van der Waals surface area contributed by atoms with Crippen LogP contribution in [0.15, 0.2) is 28.8 Å². The molecule has 0 aliphatic heterocycles. The SMILES string of the molecule is CC.COCc1ccc(OCc2c(C)noc2C)cc1. The molecule has 0 bridgehead atoms. The first-order valence-corrected chi connectivity index (χ1v) is 6.83. The fourth-order valence-electron chi connectivity index (χ4n) is 1.71. The number of rotatable bonds is 5. The molecule has 0 aliphatic rings. The van der Waals surface area contributed by atoms with Gasteiger partial charge < -0.3 is 14.0 Å². The van der Waals surface area contributed by atoms with Crippen LogP contribution in [-0.4, -0.2) is 12.3 Å². The highest BCUT2D eigenvalue weighted by atomic mass is 16.5. The molecule has 0 N–H and O–H groups in total. The van der Waals surface area contributed by atoms with Gasteiger partial charge in [0.2, 0.25) is 0 Å². The molecule has 1 aromatic carbocycles. The van der Waals surface area contributed by atoms with E-state index in [-0.39, 0.29) is 0 Å². The molecule has 110 valence electrons. The molecular formula is C16H23NO3. The fourth-order valence-corrected chi connectivity index (χ4v) is 1.71. The normalized spacial score (nSPS) is 9.85. The number of methoxy groups -OCH3 is 1. The molecule has 0 amide bonds. The Balaban J connectivity index is 0.000000956. The van der Waals surface area contributed by atoms with Gasteiger partial charge in [-0.05, 0) is 31.5 Å². The van der Waals surface area contributed by atoms with Crippen molar-refractivity contribution in [2.24, 2.45) is 0 Å². The van der Waals surface area contributed by atoms with Gasteiger partial charge in [0.05, 0.1) is 17.9 Å². The van der Waals surface area contributed by atoms with Crippen molar-refractivity contribution in [3.05, 3.63) is 46.8 Å². The predicted molar refractivity (Wildman–Crippen MR) is 78.8 cm³/mol. The monoisotopic (exact) mass is 277 g/mol. The summed E-state index contributed by atoms with van der Waals surface area (Å²) in [5, 5.41) is 3.90. The van der Waals surface area contributed by atoms with E-state index >= 15 is 0 Å². The summed E-state index contributed by atoms with van der Waals surface area (Å²) in [5.74, 6) is 1.64. The maximum Gasteiger partial charge on any atom is 0.140 e. The van der Waals surface area contributed by atoms with Gasteiger partial charge in [0, 0.05) is 7.11 Å². The third-order valence-corrected chi connectivity index (χ3v) is 2.80. The lowest BCUT2D eigenvalue weighted by Gasteiger charge is -2.06. The first kappa shape index (κ1) is 16.2. The minimum atomic E-state index is 0.477. The number of aromatic nitrogens is 1. The summed E-state index contributed by atoms with van der Waals surface area (Å²) in [4.78, 5) is 0. The van der Waals surface area contributed by atoms with E-state index in [0.717, 1.165) is 28.3 Å². The van der Waals surface area contributed by atoms with Gasteiger partial charge in [-0.1, -0.05) is 31.1 Å². The lowest BCUT2D eigenvalue weighted by Crippen LogP contribution is -1.98. The molecule has 4 heteroatoms. The first-order valence-electron chi connectivity index (χ1n) is 6.83. The molecule has 0 aliphatic carbocycles. The summed E-state index contributed by atoms with van der Waals surface area (Å²) in [6.07, 6.45) is 0. The summed E-state index contributed by atoms with van der Waals surface area (Å²) < 4.78 is 15.8. The van der Waals surface area contributed by atoms with E-state index in [2.05, 4.69) is 5.16 Å². The maximum absolute atomic E-state index is 5.70. The molecule has 0 atom stereocenters. The lowest BCUT2D eigenvalue weighted by molar-refractivity contribution is 0.185. The van der Waals surface area contributed by atoms with Gasteiger partial charge >= 0.3 is 0 Å². The molecule has 0 unspecified atom stereocenters. The second-order valence-electron chi connectivity index (χ2n) is 4.17. The molecular weight excluding hydrogens is 254 g/mol. The largest absolute Gasteiger partial charge is 0.489 e. The summed E-state index contributed by atoms with van der Waals surface area (Å²) in [6, 6.07) is 7.86. The van der Waals surface area contributed by atoms with Crippen LogP contribution >= 0.6 is 0 Å². The van der Waals surface area contributed by atoms with Crippen LogP contribution in [0.5, 0.6) is 5.75 Å². The second-order valence-corrected chi connectivity index (χ2v) is 4.17. The highest BCUT2D eigenvalue weighted by Gasteiger charge is 2.09. The number of hydrogen-bond donors (Lipinski definition) is 0. The average Bonchev–Trinajstić information content (AvgIpc) is 2.80. The Kier molecular flexibility index (Phi) is 6.81. The summed E-state index contributed by atoms with van der Waals surface area (Å²) >= 11 is 0. The van der Waals surface area contributed by atoms with E-state index < -0.39 is 0 Å². The van der Waals surface area contributed by atoms with Gasteiger partial charge in [-0.15, -0.1) is 0 Å². The van der Waals surface area contributed by atoms with Gasteiger partial charge in [-0.3, -0.25) is 0 Å². The quantitative estimate of drug-likeness (QED) is 0.827. The van der Waals surface area contributed by atoms with E-state index in [0.29, 0.717) is 13.2 Å². The van der Waals surface area contributed by atoms with Crippen molar-refractivity contribution < 1.29 is 14.0 Å². The van der Waals surface area contributed by atoms with Gasteiger partial charge in [0.1, 0.15) is 18.1 Å². The van der Waals surface area contributed by atoms with E-state index in [9.17, 15) is 0 Å². The first-order chi connectivity index (χ1) is 9.70. The standard InChI is InChI=1S/C14H17NO3.C2H6/c1-10-14(11(2)18-15-10)9-17-13-6-4-12(5-7-13)8-16-3;1-2/h4-7H,8-9H2,1-3H3;1-2H3. The molecule has 1 aromatic heterocycles. The van der Waals surface area contributed by atoms with Crippen LogP contribution in [0, 0.1) is 13.8 Å². The number of aryl methyl sites for hydroxylation is 2. The highest BCUT2D eigenvalue weighted by Crippen LogP contribution is 2.18. The topological polar surface area (TPSA) is 44.5 Å². The number of ether oxygens (including phenoxy) is 2.